The second-order valence-corrected chi connectivity index (χ2v) is 3.29. The molecule has 1 rings (SSSR count). The highest BCUT2D eigenvalue weighted by atomic mass is 35.5. The van der Waals surface area contributed by atoms with Crippen molar-refractivity contribution in [3.63, 3.8) is 0 Å². The molecule has 0 saturated heterocycles. The SMILES string of the molecule is COc1ccc(CNC(C)C(=O)O)cc1.Cl. The van der Waals surface area contributed by atoms with E-state index in [0.717, 1.165) is 11.3 Å². The maximum atomic E-state index is 10.5. The Bertz CT molecular complexity index is 327. The summed E-state index contributed by atoms with van der Waals surface area (Å²) in [7, 11) is 1.61. The smallest absolute Gasteiger partial charge is 0.320 e. The maximum absolute atomic E-state index is 10.5. The van der Waals surface area contributed by atoms with Crippen molar-refractivity contribution in [2.75, 3.05) is 7.11 Å². The van der Waals surface area contributed by atoms with Crippen LogP contribution in [0.1, 0.15) is 12.5 Å². The zero-order valence-electron chi connectivity index (χ0n) is 9.27. The van der Waals surface area contributed by atoms with Gasteiger partial charge in [-0.2, -0.15) is 0 Å². The predicted octanol–water partition coefficient (Wildman–Crippen LogP) is 1.68. The normalized spacial score (nSPS) is 11.4. The number of ether oxygens (including phenoxy) is 1. The van der Waals surface area contributed by atoms with E-state index < -0.39 is 12.0 Å². The Hall–Kier alpha value is -1.26. The van der Waals surface area contributed by atoms with Crippen LogP contribution in [-0.2, 0) is 11.3 Å². The molecule has 1 unspecified atom stereocenters. The topological polar surface area (TPSA) is 58.6 Å². The lowest BCUT2D eigenvalue weighted by Crippen LogP contribution is -2.33. The van der Waals surface area contributed by atoms with Gasteiger partial charge in [-0.05, 0) is 24.6 Å². The van der Waals surface area contributed by atoms with Gasteiger partial charge in [0.2, 0.25) is 0 Å². The van der Waals surface area contributed by atoms with E-state index in [0.29, 0.717) is 6.54 Å². The third-order valence-corrected chi connectivity index (χ3v) is 2.14. The quantitative estimate of drug-likeness (QED) is 0.829. The highest BCUT2D eigenvalue weighted by molar-refractivity contribution is 5.85. The monoisotopic (exact) mass is 245 g/mol. The van der Waals surface area contributed by atoms with Crippen LogP contribution in [0.3, 0.4) is 0 Å². The summed E-state index contributed by atoms with van der Waals surface area (Å²) in [5.41, 5.74) is 1.03. The van der Waals surface area contributed by atoms with Crippen molar-refractivity contribution < 1.29 is 14.6 Å². The van der Waals surface area contributed by atoms with Crippen LogP contribution < -0.4 is 10.1 Å². The van der Waals surface area contributed by atoms with E-state index in [4.69, 9.17) is 9.84 Å². The molecule has 0 aliphatic carbocycles. The molecule has 0 radical (unpaired) electrons. The molecule has 0 heterocycles. The molecule has 90 valence electrons. The molecule has 2 N–H and O–H groups in total. The minimum atomic E-state index is -0.844. The number of hydrogen-bond donors (Lipinski definition) is 2. The molecule has 1 aromatic rings. The number of carboxylic acid groups (broad SMARTS) is 1. The molecule has 16 heavy (non-hydrogen) atoms. The van der Waals surface area contributed by atoms with Crippen molar-refractivity contribution in [3.8, 4) is 5.75 Å². The molecule has 4 nitrogen and oxygen atoms in total. The minimum absolute atomic E-state index is 0. The first-order valence-corrected chi connectivity index (χ1v) is 4.72. The fourth-order valence-corrected chi connectivity index (χ4v) is 1.10. The van der Waals surface area contributed by atoms with Crippen molar-refractivity contribution in [1.82, 2.24) is 5.32 Å². The summed E-state index contributed by atoms with van der Waals surface area (Å²) >= 11 is 0. The average molecular weight is 246 g/mol. The molecule has 0 amide bonds. The molecule has 0 saturated carbocycles. The number of halogens is 1. The number of benzene rings is 1. The lowest BCUT2D eigenvalue weighted by atomic mass is 10.2. The van der Waals surface area contributed by atoms with Crippen LogP contribution in [-0.4, -0.2) is 24.2 Å². The third kappa shape index (κ3) is 4.51. The van der Waals surface area contributed by atoms with Crippen LogP contribution in [0.25, 0.3) is 0 Å². The summed E-state index contributed by atoms with van der Waals surface area (Å²) in [5, 5.41) is 11.6. The van der Waals surface area contributed by atoms with Crippen molar-refractivity contribution in [2.24, 2.45) is 0 Å². The van der Waals surface area contributed by atoms with Gasteiger partial charge in [-0.1, -0.05) is 12.1 Å². The van der Waals surface area contributed by atoms with Crippen LogP contribution in [0.2, 0.25) is 0 Å². The summed E-state index contributed by atoms with van der Waals surface area (Å²) in [6.45, 7) is 2.16. The highest BCUT2D eigenvalue weighted by Crippen LogP contribution is 2.10. The van der Waals surface area contributed by atoms with Gasteiger partial charge in [-0.15, -0.1) is 12.4 Å². The van der Waals surface area contributed by atoms with Gasteiger partial charge in [0.15, 0.2) is 0 Å². The molecule has 0 aliphatic rings. The molecule has 0 aromatic heterocycles. The van der Waals surface area contributed by atoms with Crippen LogP contribution >= 0.6 is 12.4 Å². The van der Waals surface area contributed by atoms with Gasteiger partial charge in [0.1, 0.15) is 11.8 Å². The molecule has 0 fully saturated rings. The van der Waals surface area contributed by atoms with Crippen molar-refractivity contribution in [1.29, 1.82) is 0 Å². The van der Waals surface area contributed by atoms with E-state index in [1.807, 2.05) is 24.3 Å². The van der Waals surface area contributed by atoms with Gasteiger partial charge >= 0.3 is 5.97 Å². The Balaban J connectivity index is 0.00000225. The molecule has 1 aromatic carbocycles. The van der Waals surface area contributed by atoms with E-state index in [1.165, 1.54) is 0 Å². The summed E-state index contributed by atoms with van der Waals surface area (Å²) in [5.74, 6) is -0.0476. The number of hydrogen-bond acceptors (Lipinski definition) is 3. The lowest BCUT2D eigenvalue weighted by Gasteiger charge is -2.09. The van der Waals surface area contributed by atoms with Gasteiger partial charge in [-0.25, -0.2) is 0 Å². The summed E-state index contributed by atoms with van der Waals surface area (Å²) in [4.78, 5) is 10.5. The van der Waals surface area contributed by atoms with Crippen molar-refractivity contribution in [3.05, 3.63) is 29.8 Å². The van der Waals surface area contributed by atoms with Gasteiger partial charge in [-0.3, -0.25) is 4.79 Å². The highest BCUT2D eigenvalue weighted by Gasteiger charge is 2.08. The summed E-state index contributed by atoms with van der Waals surface area (Å²) in [6, 6.07) is 6.97. The third-order valence-electron chi connectivity index (χ3n) is 2.14. The summed E-state index contributed by atoms with van der Waals surface area (Å²) in [6.07, 6.45) is 0. The Kier molecular flexibility index (Phi) is 6.53. The van der Waals surface area contributed by atoms with Crippen LogP contribution in [0.5, 0.6) is 5.75 Å². The standard InChI is InChI=1S/C11H15NO3.ClH/c1-8(11(13)14)12-7-9-3-5-10(15-2)6-4-9;/h3-6,8,12H,7H2,1-2H3,(H,13,14);1H. The number of nitrogens with one attached hydrogen (secondary N) is 1. The molecule has 0 bridgehead atoms. The fourth-order valence-electron chi connectivity index (χ4n) is 1.10. The number of aliphatic carboxylic acids is 1. The second kappa shape index (κ2) is 7.09. The summed E-state index contributed by atoms with van der Waals surface area (Å²) < 4.78 is 5.02. The van der Waals surface area contributed by atoms with E-state index in [1.54, 1.807) is 14.0 Å². The van der Waals surface area contributed by atoms with Crippen LogP contribution in [0.15, 0.2) is 24.3 Å². The van der Waals surface area contributed by atoms with Crippen LogP contribution in [0.4, 0.5) is 0 Å². The first-order chi connectivity index (χ1) is 7.13. The number of rotatable bonds is 5. The molecular weight excluding hydrogens is 230 g/mol. The fraction of sp³-hybridized carbons (Fsp3) is 0.364. The van der Waals surface area contributed by atoms with Crippen molar-refractivity contribution >= 4 is 18.4 Å². The first-order valence-electron chi connectivity index (χ1n) is 4.72. The van der Waals surface area contributed by atoms with Gasteiger partial charge < -0.3 is 15.2 Å². The Morgan fingerprint density at radius 1 is 1.44 bits per heavy atom. The molecule has 0 spiro atoms. The Morgan fingerprint density at radius 2 is 2.00 bits per heavy atom. The van der Waals surface area contributed by atoms with E-state index in [2.05, 4.69) is 5.32 Å². The number of carboxylic acids is 1. The Labute approximate surface area is 101 Å². The zero-order valence-corrected chi connectivity index (χ0v) is 10.1. The molecule has 1 atom stereocenters. The molecule has 5 heteroatoms. The molecular formula is C11H16ClNO3. The van der Waals surface area contributed by atoms with Gasteiger partial charge in [0.05, 0.1) is 7.11 Å². The largest absolute Gasteiger partial charge is 0.497 e. The minimum Gasteiger partial charge on any atom is -0.497 e. The van der Waals surface area contributed by atoms with E-state index in [9.17, 15) is 4.79 Å². The van der Waals surface area contributed by atoms with Gasteiger partial charge in [0, 0.05) is 6.54 Å². The maximum Gasteiger partial charge on any atom is 0.320 e. The number of carbonyl (C=O) groups is 1. The zero-order chi connectivity index (χ0) is 11.3. The van der Waals surface area contributed by atoms with E-state index >= 15 is 0 Å². The average Bonchev–Trinajstić information content (AvgIpc) is 2.26. The number of methoxy groups -OCH3 is 1. The Morgan fingerprint density at radius 3 is 2.44 bits per heavy atom. The van der Waals surface area contributed by atoms with E-state index in [-0.39, 0.29) is 12.4 Å². The lowest BCUT2D eigenvalue weighted by molar-refractivity contribution is -0.139. The molecule has 0 aliphatic heterocycles. The predicted molar refractivity (Wildman–Crippen MR) is 64.2 cm³/mol. The van der Waals surface area contributed by atoms with Gasteiger partial charge in [0.25, 0.3) is 0 Å². The first kappa shape index (κ1) is 14.7. The second-order valence-electron chi connectivity index (χ2n) is 3.29. The van der Waals surface area contributed by atoms with Crippen LogP contribution in [0, 0.1) is 0 Å². The van der Waals surface area contributed by atoms with Crippen molar-refractivity contribution in [2.45, 2.75) is 19.5 Å².